The second-order valence-corrected chi connectivity index (χ2v) is 7.98. The Hall–Kier alpha value is -2.15. The molecule has 3 aromatic rings. The number of amides is 1. The van der Waals surface area contributed by atoms with Gasteiger partial charge in [-0.2, -0.15) is 0 Å². The molecule has 0 atom stereocenters. The van der Waals surface area contributed by atoms with Crippen LogP contribution in [-0.4, -0.2) is 35.9 Å². The molecule has 1 amide bonds. The third kappa shape index (κ3) is 6.20. The lowest BCUT2D eigenvalue weighted by atomic mass is 10.2. The average Bonchev–Trinajstić information content (AvgIpc) is 3.21. The van der Waals surface area contributed by atoms with Crippen molar-refractivity contribution in [3.8, 4) is 0 Å². The molecule has 0 bridgehead atoms. The normalized spacial score (nSPS) is 10.9. The third-order valence-corrected chi connectivity index (χ3v) is 5.81. The molecule has 2 aromatic carbocycles. The first-order valence-electron chi connectivity index (χ1n) is 8.82. The summed E-state index contributed by atoms with van der Waals surface area (Å²) in [6.45, 7) is 2.29. The molecule has 4 nitrogen and oxygen atoms in total. The number of thiazole rings is 1. The zero-order chi connectivity index (χ0) is 18.9. The van der Waals surface area contributed by atoms with Gasteiger partial charge in [0.05, 0.1) is 16.8 Å². The molecule has 0 spiro atoms. The van der Waals surface area contributed by atoms with E-state index < -0.39 is 0 Å². The Labute approximate surface area is 168 Å². The van der Waals surface area contributed by atoms with Crippen LogP contribution in [0.15, 0.2) is 70.4 Å². The van der Waals surface area contributed by atoms with Crippen molar-refractivity contribution in [3.05, 3.63) is 82.3 Å². The van der Waals surface area contributed by atoms with Gasteiger partial charge in [-0.25, -0.2) is 4.98 Å². The fourth-order valence-corrected chi connectivity index (χ4v) is 4.29. The summed E-state index contributed by atoms with van der Waals surface area (Å²) >= 11 is 3.24. The molecule has 0 aliphatic heterocycles. The van der Waals surface area contributed by atoms with Gasteiger partial charge in [0.25, 0.3) is 5.91 Å². The lowest BCUT2D eigenvalue weighted by Gasteiger charge is -2.17. The number of rotatable bonds is 9. The number of hydrogen-bond acceptors (Lipinski definition) is 5. The molecule has 0 aliphatic rings. The van der Waals surface area contributed by atoms with Gasteiger partial charge < -0.3 is 10.2 Å². The van der Waals surface area contributed by atoms with E-state index in [1.54, 1.807) is 23.1 Å². The van der Waals surface area contributed by atoms with E-state index >= 15 is 0 Å². The predicted molar refractivity (Wildman–Crippen MR) is 113 cm³/mol. The molecule has 27 heavy (non-hydrogen) atoms. The zero-order valence-electron chi connectivity index (χ0n) is 15.3. The lowest BCUT2D eigenvalue weighted by molar-refractivity contribution is 0.0946. The number of benzene rings is 2. The fourth-order valence-electron chi connectivity index (χ4n) is 2.67. The second-order valence-electron chi connectivity index (χ2n) is 6.24. The van der Waals surface area contributed by atoms with E-state index in [1.807, 2.05) is 53.4 Å². The first-order chi connectivity index (χ1) is 13.2. The molecule has 0 aliphatic carbocycles. The van der Waals surface area contributed by atoms with Crippen LogP contribution >= 0.6 is 23.1 Å². The number of nitrogens with zero attached hydrogens (tertiary/aromatic N) is 2. The summed E-state index contributed by atoms with van der Waals surface area (Å²) in [4.78, 5) is 20.1. The molecule has 0 unspecified atom stereocenters. The molecule has 0 fully saturated rings. The summed E-state index contributed by atoms with van der Waals surface area (Å²) in [5.74, 6) is 0.748. The smallest absolute Gasteiger partial charge is 0.252 e. The predicted octanol–water partition coefficient (Wildman–Crippen LogP) is 4.30. The number of likely N-dealkylation sites (N-methyl/N-ethyl adjacent to an activating group) is 1. The number of hydrogen-bond donors (Lipinski definition) is 1. The van der Waals surface area contributed by atoms with Crippen LogP contribution in [0.25, 0.3) is 0 Å². The van der Waals surface area contributed by atoms with Gasteiger partial charge in [-0.1, -0.05) is 42.5 Å². The van der Waals surface area contributed by atoms with E-state index in [9.17, 15) is 4.79 Å². The molecular formula is C21H23N3OS2. The van der Waals surface area contributed by atoms with Gasteiger partial charge in [0.2, 0.25) is 0 Å². The van der Waals surface area contributed by atoms with E-state index in [4.69, 9.17) is 0 Å². The van der Waals surface area contributed by atoms with Gasteiger partial charge in [-0.05, 0) is 24.7 Å². The summed E-state index contributed by atoms with van der Waals surface area (Å²) in [7, 11) is 2.07. The number of carbonyl (C=O) groups is 1. The number of aromatic nitrogens is 1. The van der Waals surface area contributed by atoms with Crippen LogP contribution in [0.1, 0.15) is 21.6 Å². The molecular weight excluding hydrogens is 374 g/mol. The van der Waals surface area contributed by atoms with Crippen LogP contribution in [-0.2, 0) is 12.3 Å². The molecule has 140 valence electrons. The Morgan fingerprint density at radius 2 is 1.93 bits per heavy atom. The Balaban J connectivity index is 1.49. The highest BCUT2D eigenvalue weighted by Crippen LogP contribution is 2.26. The summed E-state index contributed by atoms with van der Waals surface area (Å²) < 4.78 is 0. The van der Waals surface area contributed by atoms with E-state index in [1.165, 1.54) is 5.56 Å². The molecule has 6 heteroatoms. The highest BCUT2D eigenvalue weighted by molar-refractivity contribution is 7.98. The van der Waals surface area contributed by atoms with Crippen molar-refractivity contribution in [2.45, 2.75) is 17.2 Å². The van der Waals surface area contributed by atoms with E-state index in [0.29, 0.717) is 6.54 Å². The monoisotopic (exact) mass is 397 g/mol. The minimum absolute atomic E-state index is 0.0236. The molecule has 0 saturated heterocycles. The van der Waals surface area contributed by atoms with Crippen molar-refractivity contribution < 1.29 is 4.79 Å². The van der Waals surface area contributed by atoms with Gasteiger partial charge >= 0.3 is 0 Å². The maximum atomic E-state index is 12.6. The van der Waals surface area contributed by atoms with E-state index in [-0.39, 0.29) is 5.91 Å². The van der Waals surface area contributed by atoms with E-state index in [0.717, 1.165) is 35.0 Å². The highest BCUT2D eigenvalue weighted by Gasteiger charge is 2.12. The van der Waals surface area contributed by atoms with Crippen molar-refractivity contribution in [1.29, 1.82) is 0 Å². The number of thioether (sulfide) groups is 1. The highest BCUT2D eigenvalue weighted by atomic mass is 32.2. The van der Waals surface area contributed by atoms with Crippen LogP contribution < -0.4 is 5.32 Å². The number of carbonyl (C=O) groups excluding carboxylic acids is 1. The molecule has 0 radical (unpaired) electrons. The topological polar surface area (TPSA) is 45.2 Å². The van der Waals surface area contributed by atoms with Crippen molar-refractivity contribution in [3.63, 3.8) is 0 Å². The Morgan fingerprint density at radius 1 is 1.15 bits per heavy atom. The third-order valence-electron chi connectivity index (χ3n) is 4.07. The van der Waals surface area contributed by atoms with Crippen LogP contribution in [0.3, 0.4) is 0 Å². The minimum atomic E-state index is -0.0236. The fraction of sp³-hybridized carbons (Fsp3) is 0.238. The summed E-state index contributed by atoms with van der Waals surface area (Å²) in [5.41, 5.74) is 4.88. The maximum Gasteiger partial charge on any atom is 0.252 e. The Bertz CT molecular complexity index is 838. The Kier molecular flexibility index (Phi) is 7.45. The molecule has 1 aromatic heterocycles. The zero-order valence-corrected chi connectivity index (χ0v) is 16.9. The van der Waals surface area contributed by atoms with Gasteiger partial charge in [-0.3, -0.25) is 4.79 Å². The second kappa shape index (κ2) is 10.3. The summed E-state index contributed by atoms with van der Waals surface area (Å²) in [6.07, 6.45) is 0. The van der Waals surface area contributed by atoms with Crippen LogP contribution in [0.5, 0.6) is 0 Å². The van der Waals surface area contributed by atoms with E-state index in [2.05, 4.69) is 34.4 Å². The Morgan fingerprint density at radius 3 is 2.70 bits per heavy atom. The molecule has 1 heterocycles. The van der Waals surface area contributed by atoms with Gasteiger partial charge in [0.15, 0.2) is 0 Å². The SMILES string of the molecule is CN(CCNC(=O)c1ccccc1SCc1cscn1)Cc1ccccc1. The van der Waals surface area contributed by atoms with Gasteiger partial charge in [0, 0.05) is 35.7 Å². The van der Waals surface area contributed by atoms with Gasteiger partial charge in [0.1, 0.15) is 0 Å². The van der Waals surface area contributed by atoms with Crippen molar-refractivity contribution >= 4 is 29.0 Å². The molecule has 3 rings (SSSR count). The minimum Gasteiger partial charge on any atom is -0.351 e. The van der Waals surface area contributed by atoms with Crippen molar-refractivity contribution in [2.24, 2.45) is 0 Å². The van der Waals surface area contributed by atoms with Crippen molar-refractivity contribution in [1.82, 2.24) is 15.2 Å². The summed E-state index contributed by atoms with van der Waals surface area (Å²) in [5, 5.41) is 5.08. The average molecular weight is 398 g/mol. The van der Waals surface area contributed by atoms with Crippen LogP contribution in [0.2, 0.25) is 0 Å². The van der Waals surface area contributed by atoms with Crippen LogP contribution in [0, 0.1) is 0 Å². The van der Waals surface area contributed by atoms with Crippen molar-refractivity contribution in [2.75, 3.05) is 20.1 Å². The number of nitrogens with one attached hydrogen (secondary N) is 1. The quantitative estimate of drug-likeness (QED) is 0.547. The maximum absolute atomic E-state index is 12.6. The molecule has 1 N–H and O–H groups in total. The molecule has 0 saturated carbocycles. The largest absolute Gasteiger partial charge is 0.351 e. The first kappa shape index (κ1) is 19.6. The van der Waals surface area contributed by atoms with Crippen LogP contribution in [0.4, 0.5) is 0 Å². The summed E-state index contributed by atoms with van der Waals surface area (Å²) in [6, 6.07) is 18.1. The van der Waals surface area contributed by atoms with Gasteiger partial charge in [-0.15, -0.1) is 23.1 Å². The standard InChI is InChI=1S/C21H23N3OS2/c1-24(13-17-7-3-2-4-8-17)12-11-22-21(25)19-9-5-6-10-20(19)27-15-18-14-26-16-23-18/h2-10,14,16H,11-13,15H2,1H3,(H,22,25). The first-order valence-corrected chi connectivity index (χ1v) is 10.7. The lowest BCUT2D eigenvalue weighted by Crippen LogP contribution is -2.33.